The number of aromatic nitrogens is 3. The Bertz CT molecular complexity index is 1100. The van der Waals surface area contributed by atoms with Crippen LogP contribution in [0.15, 0.2) is 22.7 Å². The van der Waals surface area contributed by atoms with Crippen LogP contribution in [0.5, 0.6) is 5.75 Å². The number of likely N-dealkylation sites (N-methyl/N-ethyl adjacent to an activating group) is 1. The summed E-state index contributed by atoms with van der Waals surface area (Å²) in [6, 6.07) is 2.89. The van der Waals surface area contributed by atoms with Crippen molar-refractivity contribution in [3.05, 3.63) is 29.5 Å². The third kappa shape index (κ3) is 4.90. The van der Waals surface area contributed by atoms with Gasteiger partial charge in [-0.1, -0.05) is 5.16 Å². The first-order valence-corrected chi connectivity index (χ1v) is 9.71. The van der Waals surface area contributed by atoms with Gasteiger partial charge in [0.15, 0.2) is 11.4 Å². The van der Waals surface area contributed by atoms with Gasteiger partial charge in [-0.25, -0.2) is 0 Å². The van der Waals surface area contributed by atoms with Gasteiger partial charge < -0.3 is 25.0 Å². The molecule has 1 fully saturated rings. The SMILES string of the molecule is Cc1noc2c(-c3ccc(C(F)(F)F)cc3O)nnc(N[C@@H]3CCCN(C)C3)c12.O=CO. The first kappa shape index (κ1) is 23.3. The second-order valence-electron chi connectivity index (χ2n) is 7.45. The molecule has 9 nitrogen and oxygen atoms in total. The van der Waals surface area contributed by atoms with Crippen LogP contribution in [0.2, 0.25) is 0 Å². The largest absolute Gasteiger partial charge is 0.507 e. The number of halogens is 3. The molecule has 1 aliphatic heterocycles. The fourth-order valence-electron chi connectivity index (χ4n) is 3.67. The quantitative estimate of drug-likeness (QED) is 0.511. The zero-order valence-corrected chi connectivity index (χ0v) is 17.3. The number of phenolic OH excluding ortho intramolecular Hbond substituents is 1. The van der Waals surface area contributed by atoms with Crippen LogP contribution in [0.25, 0.3) is 22.2 Å². The summed E-state index contributed by atoms with van der Waals surface area (Å²) in [5.41, 5.74) is 0.124. The predicted octanol–water partition coefficient (Wildman–Crippen LogP) is 3.52. The molecule has 1 saturated heterocycles. The predicted molar refractivity (Wildman–Crippen MR) is 109 cm³/mol. The Balaban J connectivity index is 0.000000913. The van der Waals surface area contributed by atoms with Crippen molar-refractivity contribution in [2.45, 2.75) is 32.0 Å². The van der Waals surface area contributed by atoms with Crippen molar-refractivity contribution in [3.63, 3.8) is 0 Å². The van der Waals surface area contributed by atoms with Crippen molar-refractivity contribution in [1.82, 2.24) is 20.3 Å². The highest BCUT2D eigenvalue weighted by Gasteiger charge is 2.32. The van der Waals surface area contributed by atoms with E-state index in [-0.39, 0.29) is 29.4 Å². The number of piperidine rings is 1. The summed E-state index contributed by atoms with van der Waals surface area (Å²) in [5, 5.41) is 33.4. The minimum absolute atomic E-state index is 0.0931. The zero-order valence-electron chi connectivity index (χ0n) is 17.3. The van der Waals surface area contributed by atoms with Crippen molar-refractivity contribution in [2.75, 3.05) is 25.5 Å². The number of aryl methyl sites for hydroxylation is 1. The van der Waals surface area contributed by atoms with Crippen LogP contribution in [0.3, 0.4) is 0 Å². The molecule has 0 spiro atoms. The molecule has 32 heavy (non-hydrogen) atoms. The van der Waals surface area contributed by atoms with Gasteiger partial charge in [-0.3, -0.25) is 4.79 Å². The maximum Gasteiger partial charge on any atom is 0.416 e. The van der Waals surface area contributed by atoms with E-state index in [2.05, 4.69) is 32.6 Å². The van der Waals surface area contributed by atoms with E-state index in [0.717, 1.165) is 38.1 Å². The number of benzene rings is 1. The molecule has 0 unspecified atom stereocenters. The van der Waals surface area contributed by atoms with Gasteiger partial charge in [-0.15, -0.1) is 10.2 Å². The number of nitrogens with one attached hydrogen (secondary N) is 1. The number of carboxylic acid groups (broad SMARTS) is 1. The van der Waals surface area contributed by atoms with Gasteiger partial charge >= 0.3 is 6.18 Å². The first-order valence-electron chi connectivity index (χ1n) is 9.71. The molecule has 3 heterocycles. The summed E-state index contributed by atoms with van der Waals surface area (Å²) >= 11 is 0. The number of phenols is 1. The average Bonchev–Trinajstić information content (AvgIpc) is 3.11. The minimum atomic E-state index is -4.55. The molecule has 4 rings (SSSR count). The standard InChI is InChI=1S/C19H20F3N5O2.CH2O2/c1-10-15-17(29-26-10)16(13-6-5-11(8-14(13)28)19(20,21)22)24-25-18(15)23-12-4-3-7-27(2)9-12;2-1-3/h5-6,8,12,28H,3-4,7,9H2,1-2H3,(H,23,25);1H,(H,2,3)/t12-;/m1./s1. The highest BCUT2D eigenvalue weighted by Crippen LogP contribution is 2.39. The van der Waals surface area contributed by atoms with Crippen molar-refractivity contribution in [2.24, 2.45) is 0 Å². The highest BCUT2D eigenvalue weighted by molar-refractivity contribution is 5.98. The molecule has 12 heteroatoms. The van der Waals surface area contributed by atoms with E-state index in [1.165, 1.54) is 0 Å². The number of carbonyl (C=O) groups is 1. The Kier molecular flexibility index (Phi) is 6.82. The highest BCUT2D eigenvalue weighted by atomic mass is 19.4. The molecule has 1 aliphatic rings. The van der Waals surface area contributed by atoms with Gasteiger partial charge in [-0.2, -0.15) is 13.2 Å². The lowest BCUT2D eigenvalue weighted by Gasteiger charge is -2.30. The molecule has 1 atom stereocenters. The van der Waals surface area contributed by atoms with E-state index in [1.54, 1.807) is 6.92 Å². The van der Waals surface area contributed by atoms with Crippen LogP contribution in [-0.2, 0) is 11.0 Å². The molecule has 0 aliphatic carbocycles. The third-order valence-corrected chi connectivity index (χ3v) is 5.11. The van der Waals surface area contributed by atoms with Gasteiger partial charge in [0.05, 0.1) is 16.6 Å². The number of anilines is 1. The smallest absolute Gasteiger partial charge is 0.416 e. The lowest BCUT2D eigenvalue weighted by molar-refractivity contribution is -0.137. The number of fused-ring (bicyclic) bond motifs is 1. The summed E-state index contributed by atoms with van der Waals surface area (Å²) in [4.78, 5) is 10.6. The number of hydrogen-bond donors (Lipinski definition) is 3. The number of alkyl halides is 3. The Morgan fingerprint density at radius 3 is 2.66 bits per heavy atom. The number of rotatable bonds is 3. The summed E-state index contributed by atoms with van der Waals surface area (Å²) in [6.07, 6.45) is -2.51. The Morgan fingerprint density at radius 1 is 1.31 bits per heavy atom. The number of nitrogens with zero attached hydrogens (tertiary/aromatic N) is 4. The Hall–Kier alpha value is -3.41. The van der Waals surface area contributed by atoms with Crippen molar-refractivity contribution in [3.8, 4) is 17.0 Å². The number of aromatic hydroxyl groups is 1. The van der Waals surface area contributed by atoms with Crippen LogP contribution < -0.4 is 5.32 Å². The molecule has 2 aromatic heterocycles. The molecule has 1 aromatic carbocycles. The maximum atomic E-state index is 12.9. The molecule has 0 saturated carbocycles. The fraction of sp³-hybridized carbons (Fsp3) is 0.400. The summed E-state index contributed by atoms with van der Waals surface area (Å²) in [6.45, 7) is 3.40. The topological polar surface area (TPSA) is 125 Å². The van der Waals surface area contributed by atoms with E-state index >= 15 is 0 Å². The maximum absolute atomic E-state index is 12.9. The van der Waals surface area contributed by atoms with E-state index in [1.807, 2.05) is 0 Å². The summed E-state index contributed by atoms with van der Waals surface area (Å²) in [7, 11) is 2.05. The van der Waals surface area contributed by atoms with E-state index in [0.29, 0.717) is 23.0 Å². The average molecular weight is 453 g/mol. The second kappa shape index (κ2) is 9.39. The molecule has 0 radical (unpaired) electrons. The van der Waals surface area contributed by atoms with Gasteiger partial charge in [0.1, 0.15) is 11.4 Å². The van der Waals surface area contributed by atoms with Gasteiger partial charge in [0.25, 0.3) is 6.47 Å². The van der Waals surface area contributed by atoms with Crippen LogP contribution in [0.4, 0.5) is 19.0 Å². The second-order valence-corrected chi connectivity index (χ2v) is 7.45. The third-order valence-electron chi connectivity index (χ3n) is 5.11. The summed E-state index contributed by atoms with van der Waals surface area (Å²) in [5.74, 6) is -0.0479. The van der Waals surface area contributed by atoms with Gasteiger partial charge in [0, 0.05) is 18.2 Å². The molecule has 0 bridgehead atoms. The van der Waals surface area contributed by atoms with Crippen LogP contribution >= 0.6 is 0 Å². The Morgan fingerprint density at radius 2 is 2.03 bits per heavy atom. The monoisotopic (exact) mass is 453 g/mol. The molecule has 0 amide bonds. The van der Waals surface area contributed by atoms with Gasteiger partial charge in [-0.05, 0) is 51.6 Å². The lowest BCUT2D eigenvalue weighted by atomic mass is 10.0. The minimum Gasteiger partial charge on any atom is -0.507 e. The molecule has 3 aromatic rings. The van der Waals surface area contributed by atoms with Crippen molar-refractivity contribution < 1.29 is 32.7 Å². The van der Waals surface area contributed by atoms with Crippen LogP contribution in [0.1, 0.15) is 24.1 Å². The number of likely N-dealkylation sites (tertiary alicyclic amines) is 1. The van der Waals surface area contributed by atoms with Crippen LogP contribution in [0, 0.1) is 6.92 Å². The molecular formula is C20H22F3N5O4. The van der Waals surface area contributed by atoms with Crippen LogP contribution in [-0.4, -0.2) is 63.1 Å². The zero-order chi connectivity index (χ0) is 23.5. The fourth-order valence-corrected chi connectivity index (χ4v) is 3.67. The van der Waals surface area contributed by atoms with Crippen molar-refractivity contribution >= 4 is 23.3 Å². The molecule has 172 valence electrons. The molecular weight excluding hydrogens is 431 g/mol. The number of hydrogen-bond acceptors (Lipinski definition) is 8. The van der Waals surface area contributed by atoms with E-state index < -0.39 is 17.5 Å². The van der Waals surface area contributed by atoms with E-state index in [4.69, 9.17) is 14.4 Å². The Labute approximate surface area is 180 Å². The van der Waals surface area contributed by atoms with E-state index in [9.17, 15) is 18.3 Å². The molecule has 3 N–H and O–H groups in total. The lowest BCUT2D eigenvalue weighted by Crippen LogP contribution is -2.40. The normalized spacial score (nSPS) is 17.0. The first-order chi connectivity index (χ1) is 15.2. The summed E-state index contributed by atoms with van der Waals surface area (Å²) < 4.78 is 44.0. The van der Waals surface area contributed by atoms with Crippen molar-refractivity contribution in [1.29, 1.82) is 0 Å². The van der Waals surface area contributed by atoms with Gasteiger partial charge in [0.2, 0.25) is 0 Å².